The summed E-state index contributed by atoms with van der Waals surface area (Å²) in [6, 6.07) is 18.0. The number of aromatic nitrogens is 3. The van der Waals surface area contributed by atoms with E-state index in [1.165, 1.54) is 22.8 Å². The zero-order chi connectivity index (χ0) is 24.4. The predicted octanol–water partition coefficient (Wildman–Crippen LogP) is 5.52. The molecule has 5 rings (SSSR count). The van der Waals surface area contributed by atoms with E-state index in [1.54, 1.807) is 12.1 Å². The highest BCUT2D eigenvalue weighted by atomic mass is 32.2. The SMILES string of the molecule is Cc1ccc(OCc2nnc(Sc3ccc(C=O)cc3[N+](=O)[O-])n2-c2ccccc2)c2c1CCC2. The molecule has 0 saturated carbocycles. The number of ether oxygens (including phenoxy) is 1. The third-order valence-corrected chi connectivity index (χ3v) is 7.08. The molecule has 1 aliphatic carbocycles. The van der Waals surface area contributed by atoms with Gasteiger partial charge < -0.3 is 4.74 Å². The second kappa shape index (κ2) is 9.71. The Bertz CT molecular complexity index is 1420. The highest BCUT2D eigenvalue weighted by Gasteiger charge is 2.22. The van der Waals surface area contributed by atoms with Crippen LogP contribution < -0.4 is 4.74 Å². The fraction of sp³-hybridized carbons (Fsp3) is 0.192. The van der Waals surface area contributed by atoms with E-state index in [-0.39, 0.29) is 17.9 Å². The molecular weight excluding hydrogens is 464 g/mol. The quantitative estimate of drug-likeness (QED) is 0.184. The van der Waals surface area contributed by atoms with Gasteiger partial charge in [0.15, 0.2) is 5.82 Å². The van der Waals surface area contributed by atoms with Crippen LogP contribution in [0.15, 0.2) is 70.7 Å². The average molecular weight is 487 g/mol. The molecule has 0 unspecified atom stereocenters. The Morgan fingerprint density at radius 2 is 1.89 bits per heavy atom. The number of aryl methyl sites for hydroxylation is 1. The molecule has 1 heterocycles. The second-order valence-electron chi connectivity index (χ2n) is 8.25. The van der Waals surface area contributed by atoms with Gasteiger partial charge in [0.05, 0.1) is 9.82 Å². The molecule has 4 aromatic rings. The summed E-state index contributed by atoms with van der Waals surface area (Å²) in [6.07, 6.45) is 3.78. The van der Waals surface area contributed by atoms with E-state index < -0.39 is 4.92 Å². The van der Waals surface area contributed by atoms with Gasteiger partial charge in [-0.2, -0.15) is 0 Å². The largest absolute Gasteiger partial charge is 0.485 e. The van der Waals surface area contributed by atoms with Crippen molar-refractivity contribution in [1.29, 1.82) is 0 Å². The summed E-state index contributed by atoms with van der Waals surface area (Å²) >= 11 is 1.12. The van der Waals surface area contributed by atoms with Crippen molar-refractivity contribution < 1.29 is 14.5 Å². The zero-order valence-electron chi connectivity index (χ0n) is 19.0. The average Bonchev–Trinajstić information content (AvgIpc) is 3.52. The summed E-state index contributed by atoms with van der Waals surface area (Å²) in [7, 11) is 0. The molecule has 0 atom stereocenters. The van der Waals surface area contributed by atoms with Gasteiger partial charge in [0.25, 0.3) is 5.69 Å². The summed E-state index contributed by atoms with van der Waals surface area (Å²) < 4.78 is 8.07. The van der Waals surface area contributed by atoms with Crippen molar-refractivity contribution in [3.05, 3.63) is 98.9 Å². The first-order chi connectivity index (χ1) is 17.0. The zero-order valence-corrected chi connectivity index (χ0v) is 19.8. The van der Waals surface area contributed by atoms with E-state index in [1.807, 2.05) is 41.0 Å². The van der Waals surface area contributed by atoms with Crippen LogP contribution >= 0.6 is 11.8 Å². The number of hydrogen-bond donors (Lipinski definition) is 0. The molecule has 0 aliphatic heterocycles. The summed E-state index contributed by atoms with van der Waals surface area (Å²) in [6.45, 7) is 2.33. The number of rotatable bonds is 8. The minimum absolute atomic E-state index is 0.157. The lowest BCUT2D eigenvalue weighted by Crippen LogP contribution is -2.07. The van der Waals surface area contributed by atoms with Gasteiger partial charge in [-0.1, -0.05) is 30.3 Å². The molecule has 1 aromatic heterocycles. The summed E-state index contributed by atoms with van der Waals surface area (Å²) in [5.74, 6) is 1.44. The van der Waals surface area contributed by atoms with Crippen molar-refractivity contribution in [2.75, 3.05) is 0 Å². The lowest BCUT2D eigenvalue weighted by Gasteiger charge is -2.14. The Labute approximate surface area is 206 Å². The number of fused-ring (bicyclic) bond motifs is 1. The van der Waals surface area contributed by atoms with Crippen LogP contribution in [0.25, 0.3) is 5.69 Å². The Morgan fingerprint density at radius 1 is 1.09 bits per heavy atom. The van der Waals surface area contributed by atoms with E-state index in [0.29, 0.717) is 22.2 Å². The Hall–Kier alpha value is -3.98. The van der Waals surface area contributed by atoms with Gasteiger partial charge in [-0.15, -0.1) is 10.2 Å². The van der Waals surface area contributed by atoms with Crippen molar-refractivity contribution in [1.82, 2.24) is 14.8 Å². The number of nitro groups is 1. The van der Waals surface area contributed by atoms with E-state index in [9.17, 15) is 14.9 Å². The van der Waals surface area contributed by atoms with Crippen LogP contribution in [0.2, 0.25) is 0 Å². The van der Waals surface area contributed by atoms with Gasteiger partial charge in [0, 0.05) is 17.3 Å². The number of nitrogens with zero attached hydrogens (tertiary/aromatic N) is 4. The maximum atomic E-state index is 11.6. The van der Waals surface area contributed by atoms with Gasteiger partial charge in [-0.05, 0) is 78.9 Å². The highest BCUT2D eigenvalue weighted by Crippen LogP contribution is 2.37. The number of aldehydes is 1. The molecule has 0 spiro atoms. The van der Waals surface area contributed by atoms with Gasteiger partial charge >= 0.3 is 0 Å². The number of benzene rings is 3. The maximum absolute atomic E-state index is 11.6. The van der Waals surface area contributed by atoms with Gasteiger partial charge in [-0.3, -0.25) is 19.5 Å². The standard InChI is InChI=1S/C26H22N4O4S/c1-17-10-12-23(21-9-5-8-20(17)21)34-16-25-27-28-26(29(25)19-6-3-2-4-7-19)35-24-13-11-18(15-31)14-22(24)30(32)33/h2-4,6-7,10-15H,5,8-9,16H2,1H3. The molecule has 1 aliphatic rings. The van der Waals surface area contributed by atoms with Crippen molar-refractivity contribution >= 4 is 23.7 Å². The number of carbonyl (C=O) groups excluding carboxylic acids is 1. The number of para-hydroxylation sites is 1. The fourth-order valence-corrected chi connectivity index (χ4v) is 5.32. The Morgan fingerprint density at radius 3 is 2.66 bits per heavy atom. The van der Waals surface area contributed by atoms with Gasteiger partial charge in [0.2, 0.25) is 5.16 Å². The summed E-state index contributed by atoms with van der Waals surface area (Å²) in [4.78, 5) is 22.6. The third-order valence-electron chi connectivity index (χ3n) is 6.06. The minimum Gasteiger partial charge on any atom is -0.485 e. The molecule has 0 amide bonds. The van der Waals surface area contributed by atoms with Crippen LogP contribution in [-0.4, -0.2) is 26.0 Å². The molecule has 8 nitrogen and oxygen atoms in total. The topological polar surface area (TPSA) is 100 Å². The normalized spacial score (nSPS) is 12.4. The number of hydrogen-bond acceptors (Lipinski definition) is 7. The predicted molar refractivity (Wildman–Crippen MR) is 132 cm³/mol. The van der Waals surface area contributed by atoms with E-state index in [2.05, 4.69) is 23.2 Å². The second-order valence-corrected chi connectivity index (χ2v) is 9.26. The highest BCUT2D eigenvalue weighted by molar-refractivity contribution is 7.99. The van der Waals surface area contributed by atoms with Crippen LogP contribution in [0.3, 0.4) is 0 Å². The fourth-order valence-electron chi connectivity index (χ4n) is 4.36. The van der Waals surface area contributed by atoms with Crippen LogP contribution in [0.1, 0.15) is 39.3 Å². The van der Waals surface area contributed by atoms with E-state index >= 15 is 0 Å². The minimum atomic E-state index is -0.499. The number of carbonyl (C=O) groups is 1. The first kappa shape index (κ1) is 22.8. The molecule has 0 radical (unpaired) electrons. The Balaban J connectivity index is 1.49. The van der Waals surface area contributed by atoms with Crippen molar-refractivity contribution in [2.45, 2.75) is 42.8 Å². The lowest BCUT2D eigenvalue weighted by atomic mass is 10.0. The molecular formula is C26H22N4O4S. The molecule has 176 valence electrons. The number of nitro benzene ring substituents is 1. The van der Waals surface area contributed by atoms with E-state index in [0.717, 1.165) is 42.5 Å². The third kappa shape index (κ3) is 4.54. The molecule has 0 N–H and O–H groups in total. The van der Waals surface area contributed by atoms with Crippen molar-refractivity contribution in [2.24, 2.45) is 0 Å². The smallest absolute Gasteiger partial charge is 0.284 e. The van der Waals surface area contributed by atoms with Crippen molar-refractivity contribution in [3.8, 4) is 11.4 Å². The van der Waals surface area contributed by atoms with Crippen LogP contribution in [0, 0.1) is 17.0 Å². The summed E-state index contributed by atoms with van der Waals surface area (Å²) in [5, 5.41) is 20.8. The van der Waals surface area contributed by atoms with Crippen LogP contribution in [-0.2, 0) is 19.4 Å². The van der Waals surface area contributed by atoms with E-state index in [4.69, 9.17) is 4.74 Å². The molecule has 3 aromatic carbocycles. The van der Waals surface area contributed by atoms with Crippen LogP contribution in [0.5, 0.6) is 5.75 Å². The lowest BCUT2D eigenvalue weighted by molar-refractivity contribution is -0.387. The van der Waals surface area contributed by atoms with Crippen LogP contribution in [0.4, 0.5) is 5.69 Å². The molecule has 35 heavy (non-hydrogen) atoms. The molecule has 0 bridgehead atoms. The monoisotopic (exact) mass is 486 g/mol. The summed E-state index contributed by atoms with van der Waals surface area (Å²) in [5.41, 5.74) is 4.82. The maximum Gasteiger partial charge on any atom is 0.284 e. The van der Waals surface area contributed by atoms with Gasteiger partial charge in [0.1, 0.15) is 18.6 Å². The molecule has 9 heteroatoms. The molecule has 0 fully saturated rings. The first-order valence-corrected chi connectivity index (χ1v) is 12.0. The Kier molecular flexibility index (Phi) is 6.33. The molecule has 0 saturated heterocycles. The first-order valence-electron chi connectivity index (χ1n) is 11.2. The van der Waals surface area contributed by atoms with Crippen molar-refractivity contribution in [3.63, 3.8) is 0 Å². The van der Waals surface area contributed by atoms with Gasteiger partial charge in [-0.25, -0.2) is 0 Å².